The Hall–Kier alpha value is -3.85. The number of carbonyl (C=O) groups is 2. The lowest BCUT2D eigenvalue weighted by molar-refractivity contribution is -0.161. The third kappa shape index (κ3) is 73.1. The van der Waals surface area contributed by atoms with Crippen molar-refractivity contribution < 1.29 is 37.6 Å². The van der Waals surface area contributed by atoms with E-state index in [-0.39, 0.29) is 38.6 Å². The number of phosphoric ester groups is 1. The molecule has 89 heavy (non-hydrogen) atoms. The molecule has 0 fully saturated rings. The van der Waals surface area contributed by atoms with E-state index in [2.05, 4.69) is 148 Å². The van der Waals surface area contributed by atoms with Gasteiger partial charge in [-0.1, -0.05) is 327 Å². The lowest BCUT2D eigenvalue weighted by Crippen LogP contribution is -2.29. The zero-order valence-corrected chi connectivity index (χ0v) is 58.3. The molecule has 10 heteroatoms. The van der Waals surface area contributed by atoms with Crippen LogP contribution in [-0.2, 0) is 32.7 Å². The summed E-state index contributed by atoms with van der Waals surface area (Å²) in [5, 5.41) is 0. The Labute approximate surface area is 548 Å². The molecule has 0 rings (SSSR count). The van der Waals surface area contributed by atoms with Crippen molar-refractivity contribution in [3.63, 3.8) is 0 Å². The lowest BCUT2D eigenvalue weighted by atomic mass is 10.0. The number of rotatable bonds is 68. The van der Waals surface area contributed by atoms with Crippen LogP contribution in [0, 0.1) is 0 Å². The van der Waals surface area contributed by atoms with Crippen LogP contribution in [0.4, 0.5) is 0 Å². The number of ether oxygens (including phenoxy) is 2. The van der Waals surface area contributed by atoms with Crippen LogP contribution in [0.25, 0.3) is 0 Å². The van der Waals surface area contributed by atoms with Gasteiger partial charge in [0.05, 0.1) is 13.2 Å². The summed E-state index contributed by atoms with van der Waals surface area (Å²) in [6.07, 6.45) is 104. The SMILES string of the molecule is CC/C=C\C/C=C\C/C=C\C/C=C\C/C=C\C/C=C\C/C=C\C/C=C\C/C=C\CCCCCC(=O)OC(COC(=O)CCCCCCCCCCCCCCCCCCCCCCCCCCC/C=C\C/C=C\CCCCCCC)COP(=O)(O)OCCN. The first-order valence-electron chi connectivity index (χ1n) is 36.7. The highest BCUT2D eigenvalue weighted by Gasteiger charge is 2.26. The van der Waals surface area contributed by atoms with E-state index < -0.39 is 26.5 Å². The smallest absolute Gasteiger partial charge is 0.462 e. The van der Waals surface area contributed by atoms with Crippen LogP contribution in [0.3, 0.4) is 0 Å². The molecule has 9 nitrogen and oxygen atoms in total. The van der Waals surface area contributed by atoms with Crippen LogP contribution in [0.15, 0.2) is 134 Å². The number of nitrogens with two attached hydrogens (primary N) is 1. The van der Waals surface area contributed by atoms with E-state index in [1.807, 2.05) is 0 Å². The number of allylic oxidation sites excluding steroid dienone is 22. The first-order chi connectivity index (χ1) is 43.8. The molecule has 2 atom stereocenters. The fraction of sp³-hybridized carbons (Fsp3) is 0.696. The molecule has 0 spiro atoms. The second-order valence-electron chi connectivity index (χ2n) is 24.1. The normalized spacial score (nSPS) is 13.7. The van der Waals surface area contributed by atoms with Crippen LogP contribution in [-0.4, -0.2) is 49.3 Å². The standard InChI is InChI=1S/C79H136NO8P/c1-3-5-7-9-11-13-15-17-19-21-23-25-27-29-31-33-35-36-37-38-39-40-42-43-45-47-49-51-53-55-57-59-61-63-65-67-69-71-78(81)85-75-77(76-87-89(83,84)86-74-73-80)88-79(82)72-70-68-66-64-62-60-58-56-54-52-50-48-46-44-41-34-32-30-28-26-24-22-20-18-16-14-12-10-8-6-4-2/h6,8,12,14-15,17-18,20-21,23-24,26,30,32,41,44,48,50,54,56,60,62,77H,3-5,7,9-11,13,16,19,22,25,27-29,31,33-40,42-43,45-47,49,51-53,55,57-59,61,63-76,80H2,1-2H3,(H,83,84)/b8-6-,14-12-,17-15-,20-18-,23-21-,26-24-,32-30-,44-41-,50-48-,56-54-,62-60-. The van der Waals surface area contributed by atoms with E-state index in [1.54, 1.807) is 0 Å². The number of carbonyl (C=O) groups excluding carboxylic acids is 2. The molecule has 3 N–H and O–H groups in total. The van der Waals surface area contributed by atoms with E-state index in [1.165, 1.54) is 186 Å². The minimum Gasteiger partial charge on any atom is -0.462 e. The average molecular weight is 1260 g/mol. The van der Waals surface area contributed by atoms with Gasteiger partial charge in [-0.3, -0.25) is 18.6 Å². The summed E-state index contributed by atoms with van der Waals surface area (Å²) in [6, 6.07) is 0. The number of hydrogen-bond acceptors (Lipinski definition) is 8. The van der Waals surface area contributed by atoms with Gasteiger partial charge in [-0.2, -0.15) is 0 Å². The molecule has 0 aliphatic carbocycles. The Bertz CT molecular complexity index is 1920. The molecule has 0 aliphatic rings. The van der Waals surface area contributed by atoms with Crippen LogP contribution >= 0.6 is 7.82 Å². The number of phosphoric acid groups is 1. The minimum absolute atomic E-state index is 0.0421. The van der Waals surface area contributed by atoms with E-state index >= 15 is 0 Å². The second-order valence-corrected chi connectivity index (χ2v) is 25.5. The van der Waals surface area contributed by atoms with E-state index in [0.717, 1.165) is 103 Å². The molecule has 510 valence electrons. The highest BCUT2D eigenvalue weighted by molar-refractivity contribution is 7.47. The number of esters is 2. The van der Waals surface area contributed by atoms with Crippen molar-refractivity contribution in [2.24, 2.45) is 5.73 Å². The Morgan fingerprint density at radius 1 is 0.348 bits per heavy atom. The molecule has 0 amide bonds. The van der Waals surface area contributed by atoms with Gasteiger partial charge in [0.2, 0.25) is 0 Å². The van der Waals surface area contributed by atoms with Crippen molar-refractivity contribution in [1.29, 1.82) is 0 Å². The number of unbranched alkanes of at least 4 members (excludes halogenated alkanes) is 33. The molecule has 0 saturated heterocycles. The zero-order chi connectivity index (χ0) is 64.4. The maximum absolute atomic E-state index is 12.8. The topological polar surface area (TPSA) is 134 Å². The van der Waals surface area contributed by atoms with Crippen LogP contribution in [0.5, 0.6) is 0 Å². The maximum atomic E-state index is 12.8. The molecular formula is C79H136NO8P. The van der Waals surface area contributed by atoms with Crippen LogP contribution < -0.4 is 5.73 Å². The van der Waals surface area contributed by atoms with Gasteiger partial charge >= 0.3 is 19.8 Å². The third-order valence-electron chi connectivity index (χ3n) is 15.5. The summed E-state index contributed by atoms with van der Waals surface area (Å²) in [5.41, 5.74) is 5.40. The van der Waals surface area contributed by atoms with E-state index in [9.17, 15) is 19.0 Å². The summed E-state index contributed by atoms with van der Waals surface area (Å²) in [7, 11) is -4.41. The second kappa shape index (κ2) is 73.2. The quantitative estimate of drug-likeness (QED) is 0.0264. The summed E-state index contributed by atoms with van der Waals surface area (Å²) in [6.45, 7) is 3.60. The summed E-state index contributed by atoms with van der Waals surface area (Å²) in [4.78, 5) is 35.4. The van der Waals surface area contributed by atoms with Gasteiger partial charge in [-0.15, -0.1) is 0 Å². The molecule has 0 aliphatic heterocycles. The van der Waals surface area contributed by atoms with Crippen molar-refractivity contribution in [2.75, 3.05) is 26.4 Å². The molecule has 2 unspecified atom stereocenters. The average Bonchev–Trinajstić information content (AvgIpc) is 3.68. The Morgan fingerprint density at radius 2 is 0.618 bits per heavy atom. The Kier molecular flexibility index (Phi) is 70.0. The molecule has 0 aromatic rings. The van der Waals surface area contributed by atoms with Gasteiger partial charge in [-0.05, 0) is 116 Å². The van der Waals surface area contributed by atoms with Crippen molar-refractivity contribution >= 4 is 19.8 Å². The first-order valence-corrected chi connectivity index (χ1v) is 38.2. The van der Waals surface area contributed by atoms with Crippen LogP contribution in [0.1, 0.15) is 322 Å². The molecular weight excluding hydrogens is 1120 g/mol. The predicted molar refractivity (Wildman–Crippen MR) is 385 cm³/mol. The van der Waals surface area contributed by atoms with Gasteiger partial charge in [0.1, 0.15) is 6.61 Å². The van der Waals surface area contributed by atoms with Gasteiger partial charge < -0.3 is 20.1 Å². The molecule has 0 radical (unpaired) electrons. The highest BCUT2D eigenvalue weighted by Crippen LogP contribution is 2.43. The van der Waals surface area contributed by atoms with Gasteiger partial charge in [0, 0.05) is 19.4 Å². The predicted octanol–water partition coefficient (Wildman–Crippen LogP) is 24.4. The van der Waals surface area contributed by atoms with Gasteiger partial charge in [0.25, 0.3) is 0 Å². The fourth-order valence-corrected chi connectivity index (χ4v) is 10.9. The summed E-state index contributed by atoms with van der Waals surface area (Å²) in [5.74, 6) is -0.864. The fourth-order valence-electron chi connectivity index (χ4n) is 10.1. The summed E-state index contributed by atoms with van der Waals surface area (Å²) >= 11 is 0. The summed E-state index contributed by atoms with van der Waals surface area (Å²) < 4.78 is 33.2. The van der Waals surface area contributed by atoms with E-state index in [0.29, 0.717) is 6.42 Å². The maximum Gasteiger partial charge on any atom is 0.472 e. The Balaban J connectivity index is 3.91. The monoisotopic (exact) mass is 1260 g/mol. The largest absolute Gasteiger partial charge is 0.472 e. The molecule has 0 aromatic heterocycles. The Morgan fingerprint density at radius 3 is 0.933 bits per heavy atom. The van der Waals surface area contributed by atoms with Crippen molar-refractivity contribution in [3.05, 3.63) is 134 Å². The van der Waals surface area contributed by atoms with Crippen molar-refractivity contribution in [2.45, 2.75) is 328 Å². The zero-order valence-electron chi connectivity index (χ0n) is 57.4. The lowest BCUT2D eigenvalue weighted by Gasteiger charge is -2.19. The first kappa shape index (κ1) is 85.2. The van der Waals surface area contributed by atoms with Crippen LogP contribution in [0.2, 0.25) is 0 Å². The number of hydrogen-bond donors (Lipinski definition) is 2. The van der Waals surface area contributed by atoms with Gasteiger partial charge in [0.15, 0.2) is 6.10 Å². The van der Waals surface area contributed by atoms with Gasteiger partial charge in [-0.25, -0.2) is 4.57 Å². The highest BCUT2D eigenvalue weighted by atomic mass is 31.2. The molecule has 0 saturated carbocycles. The molecule has 0 heterocycles. The third-order valence-corrected chi connectivity index (χ3v) is 16.5. The van der Waals surface area contributed by atoms with Crippen molar-refractivity contribution in [3.8, 4) is 0 Å². The van der Waals surface area contributed by atoms with E-state index in [4.69, 9.17) is 24.3 Å². The minimum atomic E-state index is -4.41. The van der Waals surface area contributed by atoms with Crippen molar-refractivity contribution in [1.82, 2.24) is 0 Å². The molecule has 0 aromatic carbocycles. The molecule has 0 bridgehead atoms.